The van der Waals surface area contributed by atoms with Gasteiger partial charge in [0.2, 0.25) is 0 Å². The van der Waals surface area contributed by atoms with Crippen molar-refractivity contribution in [2.24, 2.45) is 17.3 Å². The number of hydrogen-bond acceptors (Lipinski definition) is 11. The molecule has 3 saturated heterocycles. The molecule has 0 aromatic carbocycles. The summed E-state index contributed by atoms with van der Waals surface area (Å²) in [7, 11) is 0. The van der Waals surface area contributed by atoms with E-state index in [1.165, 1.54) is 27.7 Å². The molecule has 0 N–H and O–H groups in total. The molecule has 2 unspecified atom stereocenters. The first-order valence-electron chi connectivity index (χ1n) is 13.1. The summed E-state index contributed by atoms with van der Waals surface area (Å²) in [6.07, 6.45) is -6.58. The summed E-state index contributed by atoms with van der Waals surface area (Å²) in [4.78, 5) is 63.2. The van der Waals surface area contributed by atoms with E-state index in [9.17, 15) is 24.0 Å². The fourth-order valence-corrected chi connectivity index (χ4v) is 7.49. The molecule has 4 fully saturated rings. The van der Waals surface area contributed by atoms with Crippen molar-refractivity contribution in [1.29, 1.82) is 0 Å². The molecule has 12 heteroatoms. The molecule has 2 bridgehead atoms. The molecule has 4 rings (SSSR count). The lowest BCUT2D eigenvalue weighted by Gasteiger charge is -2.61. The van der Waals surface area contributed by atoms with Gasteiger partial charge in [-0.2, -0.15) is 0 Å². The monoisotopic (exact) mass is 582 g/mol. The summed E-state index contributed by atoms with van der Waals surface area (Å²) in [5.41, 5.74) is -2.33. The summed E-state index contributed by atoms with van der Waals surface area (Å²) < 4.78 is 36.0. The van der Waals surface area contributed by atoms with Gasteiger partial charge in [-0.15, -0.1) is 11.6 Å². The van der Waals surface area contributed by atoms with Crippen LogP contribution in [0.15, 0.2) is 24.3 Å². The molecule has 11 atom stereocenters. The Morgan fingerprint density at radius 3 is 2.02 bits per heavy atom. The van der Waals surface area contributed by atoms with Crippen molar-refractivity contribution in [3.05, 3.63) is 24.3 Å². The van der Waals surface area contributed by atoms with Gasteiger partial charge >= 0.3 is 29.8 Å². The molecule has 0 radical (unpaired) electrons. The van der Waals surface area contributed by atoms with Crippen LogP contribution in [0.1, 0.15) is 54.4 Å². The first kappa shape index (κ1) is 30.0. The van der Waals surface area contributed by atoms with Gasteiger partial charge < -0.3 is 28.4 Å². The molecule has 1 aliphatic carbocycles. The molecule has 1 saturated carbocycles. The third kappa shape index (κ3) is 4.51. The minimum atomic E-state index is -1.69. The number of fused-ring (bicyclic) bond motifs is 2. The molecule has 4 aliphatic rings. The van der Waals surface area contributed by atoms with E-state index in [1.807, 2.05) is 0 Å². The standard InChI is InChI=1S/C28H35ClO11/c1-11-9-10-18(35-14(4)30)27(8)19(11)23(37-16(6)32)28-13(3)26(34)39-24(28)20(29)12(2)21(40-28)22(36-15(5)31)25(27)38-17(7)33/h13,18-25H,1-2,9-10H2,3-8H3/t13?,18-,19+,20-,21+,22-,23+,24-,25-,27-,28?/m0/s1. The zero-order valence-corrected chi connectivity index (χ0v) is 24.1. The van der Waals surface area contributed by atoms with E-state index in [2.05, 4.69) is 13.2 Å². The van der Waals surface area contributed by atoms with E-state index in [0.29, 0.717) is 12.0 Å². The Balaban J connectivity index is 2.11. The van der Waals surface area contributed by atoms with Crippen LogP contribution in [0.5, 0.6) is 0 Å². The number of esters is 5. The van der Waals surface area contributed by atoms with E-state index in [-0.39, 0.29) is 12.0 Å². The minimum absolute atomic E-state index is 0.204. The van der Waals surface area contributed by atoms with E-state index in [4.69, 9.17) is 40.0 Å². The average Bonchev–Trinajstić information content (AvgIpc) is 3.09. The maximum atomic E-state index is 13.1. The molecule has 40 heavy (non-hydrogen) atoms. The number of alkyl halides is 1. The lowest BCUT2D eigenvalue weighted by atomic mass is 9.53. The number of carbonyl (C=O) groups excluding carboxylic acids is 5. The van der Waals surface area contributed by atoms with Crippen LogP contribution in [0.25, 0.3) is 0 Å². The number of ether oxygens (including phenoxy) is 6. The Bertz CT molecular complexity index is 1160. The van der Waals surface area contributed by atoms with E-state index < -0.39 is 94.7 Å². The molecule has 0 aromatic rings. The van der Waals surface area contributed by atoms with Crippen LogP contribution in [-0.4, -0.2) is 77.4 Å². The van der Waals surface area contributed by atoms with Crippen LogP contribution < -0.4 is 0 Å². The zero-order chi connectivity index (χ0) is 29.9. The second kappa shape index (κ2) is 10.5. The summed E-state index contributed by atoms with van der Waals surface area (Å²) in [6, 6.07) is 0. The highest BCUT2D eigenvalue weighted by molar-refractivity contribution is 6.23. The molecular formula is C28H35ClO11. The largest absolute Gasteiger partial charge is 0.462 e. The van der Waals surface area contributed by atoms with Gasteiger partial charge in [-0.1, -0.05) is 25.7 Å². The molecule has 0 aromatic heterocycles. The SMILES string of the molecule is C=C1CC[C@H](OC(C)=O)[C@@]2(C)[C@H]1[C@@H](OC(C)=O)C13O[C@H](C(=C)[C@H](Cl)[C@@H]1OC(=O)C3C)[C@H](OC(C)=O)[C@@H]2OC(C)=O. The highest BCUT2D eigenvalue weighted by Gasteiger charge is 2.75. The van der Waals surface area contributed by atoms with E-state index in [1.54, 1.807) is 13.8 Å². The Morgan fingerprint density at radius 1 is 0.925 bits per heavy atom. The van der Waals surface area contributed by atoms with Crippen LogP contribution in [0, 0.1) is 17.3 Å². The summed E-state index contributed by atoms with van der Waals surface area (Å²) in [6.45, 7) is 16.4. The van der Waals surface area contributed by atoms with Crippen LogP contribution in [-0.2, 0) is 52.4 Å². The van der Waals surface area contributed by atoms with Gasteiger partial charge in [0.15, 0.2) is 23.9 Å². The number of rotatable bonds is 4. The van der Waals surface area contributed by atoms with E-state index >= 15 is 0 Å². The second-order valence-electron chi connectivity index (χ2n) is 11.2. The van der Waals surface area contributed by atoms with Crippen LogP contribution in [0.2, 0.25) is 0 Å². The molecular weight excluding hydrogens is 548 g/mol. The molecule has 1 spiro atoms. The van der Waals surface area contributed by atoms with Gasteiger partial charge in [-0.3, -0.25) is 24.0 Å². The van der Waals surface area contributed by atoms with Crippen LogP contribution in [0.3, 0.4) is 0 Å². The number of halogens is 1. The predicted octanol–water partition coefficient (Wildman–Crippen LogP) is 2.56. The average molecular weight is 583 g/mol. The second-order valence-corrected chi connectivity index (χ2v) is 11.7. The Hall–Kier alpha value is -2.92. The van der Waals surface area contributed by atoms with Crippen LogP contribution in [0.4, 0.5) is 0 Å². The van der Waals surface area contributed by atoms with Crippen molar-refractivity contribution in [3.8, 4) is 0 Å². The van der Waals surface area contributed by atoms with Gasteiger partial charge in [0, 0.05) is 33.6 Å². The summed E-state index contributed by atoms with van der Waals surface area (Å²) >= 11 is 6.89. The Labute approximate surface area is 237 Å². The predicted molar refractivity (Wildman–Crippen MR) is 138 cm³/mol. The quantitative estimate of drug-likeness (QED) is 0.209. The van der Waals surface area contributed by atoms with Crippen molar-refractivity contribution in [2.45, 2.75) is 102 Å². The molecule has 3 aliphatic heterocycles. The lowest BCUT2D eigenvalue weighted by Crippen LogP contribution is -2.75. The fourth-order valence-electron chi connectivity index (χ4n) is 7.12. The Kier molecular flexibility index (Phi) is 7.87. The topological polar surface area (TPSA) is 141 Å². The first-order valence-corrected chi connectivity index (χ1v) is 13.6. The van der Waals surface area contributed by atoms with Gasteiger partial charge in [-0.25, -0.2) is 0 Å². The lowest BCUT2D eigenvalue weighted by molar-refractivity contribution is -0.294. The molecule has 3 heterocycles. The van der Waals surface area contributed by atoms with Crippen molar-refractivity contribution >= 4 is 41.4 Å². The maximum Gasteiger partial charge on any atom is 0.312 e. The van der Waals surface area contributed by atoms with Gasteiger partial charge in [0.05, 0.1) is 16.7 Å². The van der Waals surface area contributed by atoms with Gasteiger partial charge in [0.1, 0.15) is 18.3 Å². The summed E-state index contributed by atoms with van der Waals surface area (Å²) in [5.74, 6) is -5.30. The Morgan fingerprint density at radius 2 is 1.48 bits per heavy atom. The zero-order valence-electron chi connectivity index (χ0n) is 23.4. The van der Waals surface area contributed by atoms with Gasteiger partial charge in [-0.05, 0) is 25.3 Å². The first-order chi connectivity index (χ1) is 18.6. The van der Waals surface area contributed by atoms with Crippen molar-refractivity contribution in [3.63, 3.8) is 0 Å². The number of carbonyl (C=O) groups is 5. The van der Waals surface area contributed by atoms with Gasteiger partial charge in [0.25, 0.3) is 0 Å². The van der Waals surface area contributed by atoms with E-state index in [0.717, 1.165) is 0 Å². The fraction of sp³-hybridized carbons (Fsp3) is 0.679. The highest BCUT2D eigenvalue weighted by Crippen LogP contribution is 2.61. The smallest absolute Gasteiger partial charge is 0.312 e. The third-order valence-electron chi connectivity index (χ3n) is 8.72. The van der Waals surface area contributed by atoms with Crippen molar-refractivity contribution in [1.82, 2.24) is 0 Å². The highest BCUT2D eigenvalue weighted by atomic mass is 35.5. The minimum Gasteiger partial charge on any atom is -0.462 e. The maximum absolute atomic E-state index is 13.1. The molecule has 11 nitrogen and oxygen atoms in total. The normalized spacial score (nSPS) is 42.3. The third-order valence-corrected chi connectivity index (χ3v) is 9.23. The van der Waals surface area contributed by atoms with Crippen molar-refractivity contribution < 1.29 is 52.4 Å². The summed E-state index contributed by atoms with van der Waals surface area (Å²) in [5, 5.41) is -1.05. The molecule has 220 valence electrons. The molecule has 0 amide bonds. The van der Waals surface area contributed by atoms with Crippen molar-refractivity contribution in [2.75, 3.05) is 0 Å². The number of hydrogen-bond donors (Lipinski definition) is 0. The van der Waals surface area contributed by atoms with Crippen LogP contribution >= 0.6 is 11.6 Å².